The smallest absolute Gasteiger partial charge is 0.194 e. The van der Waals surface area contributed by atoms with Gasteiger partial charge in [0.1, 0.15) is 0 Å². The van der Waals surface area contributed by atoms with Crippen molar-refractivity contribution in [3.8, 4) is 0 Å². The predicted molar refractivity (Wildman–Crippen MR) is 59.0 cm³/mol. The van der Waals surface area contributed by atoms with Gasteiger partial charge in [-0.2, -0.15) is 0 Å². The van der Waals surface area contributed by atoms with E-state index in [1.807, 2.05) is 0 Å². The number of rotatable bonds is 3. The predicted octanol–water partition coefficient (Wildman–Crippen LogP) is 2.48. The number of halogens is 3. The maximum absolute atomic E-state index is 13.5. The lowest BCUT2D eigenvalue weighted by Gasteiger charge is -2.37. The minimum atomic E-state index is -1.56. The molecular formula is C12H16F3NO. The molecule has 2 nitrogen and oxygen atoms in total. The molecule has 0 spiro atoms. The van der Waals surface area contributed by atoms with Gasteiger partial charge in [0.25, 0.3) is 0 Å². The Morgan fingerprint density at radius 1 is 1.12 bits per heavy atom. The molecule has 0 fully saturated rings. The van der Waals surface area contributed by atoms with Crippen LogP contribution >= 0.6 is 0 Å². The van der Waals surface area contributed by atoms with Crippen molar-refractivity contribution >= 4 is 0 Å². The highest BCUT2D eigenvalue weighted by Crippen LogP contribution is 2.32. The summed E-state index contributed by atoms with van der Waals surface area (Å²) in [4.78, 5) is 1.68. The van der Waals surface area contributed by atoms with Crippen molar-refractivity contribution in [1.29, 1.82) is 0 Å². The summed E-state index contributed by atoms with van der Waals surface area (Å²) in [5, 5.41) is 10.0. The molecule has 96 valence electrons. The highest BCUT2D eigenvalue weighted by molar-refractivity contribution is 5.24. The minimum absolute atomic E-state index is 0.248. The highest BCUT2D eigenvalue weighted by atomic mass is 19.2. The average molecular weight is 247 g/mol. The first-order chi connectivity index (χ1) is 7.69. The Bertz CT molecular complexity index is 418. The van der Waals surface area contributed by atoms with Gasteiger partial charge in [-0.05, 0) is 34.0 Å². The monoisotopic (exact) mass is 247 g/mol. The van der Waals surface area contributed by atoms with E-state index < -0.39 is 29.1 Å². The van der Waals surface area contributed by atoms with Crippen LogP contribution in [0.1, 0.15) is 25.5 Å². The van der Waals surface area contributed by atoms with Crippen LogP contribution < -0.4 is 0 Å². The molecule has 1 rings (SSSR count). The normalized spacial score (nSPS) is 14.2. The second-order valence-corrected chi connectivity index (χ2v) is 4.72. The lowest BCUT2D eigenvalue weighted by Crippen LogP contribution is -2.44. The van der Waals surface area contributed by atoms with Crippen LogP contribution in [-0.4, -0.2) is 29.6 Å². The number of nitrogens with zero attached hydrogens (tertiary/aromatic N) is 1. The fourth-order valence-electron chi connectivity index (χ4n) is 1.38. The summed E-state index contributed by atoms with van der Waals surface area (Å²) < 4.78 is 39.4. The van der Waals surface area contributed by atoms with Crippen molar-refractivity contribution in [2.75, 3.05) is 14.1 Å². The summed E-state index contributed by atoms with van der Waals surface area (Å²) in [7, 11) is 3.42. The quantitative estimate of drug-likeness (QED) is 0.829. The van der Waals surface area contributed by atoms with Crippen LogP contribution in [0.25, 0.3) is 0 Å². The van der Waals surface area contributed by atoms with Crippen LogP contribution in [0.3, 0.4) is 0 Å². The third-order valence-corrected chi connectivity index (χ3v) is 3.18. The molecule has 1 aromatic rings. The van der Waals surface area contributed by atoms with Crippen LogP contribution in [0.4, 0.5) is 13.2 Å². The zero-order valence-corrected chi connectivity index (χ0v) is 10.3. The molecule has 1 unspecified atom stereocenters. The molecule has 0 aromatic heterocycles. The second kappa shape index (κ2) is 4.66. The van der Waals surface area contributed by atoms with E-state index >= 15 is 0 Å². The third-order valence-electron chi connectivity index (χ3n) is 3.18. The first-order valence-corrected chi connectivity index (χ1v) is 5.18. The fraction of sp³-hybridized carbons (Fsp3) is 0.500. The van der Waals surface area contributed by atoms with Crippen LogP contribution in [0.5, 0.6) is 0 Å². The standard InChI is InChI=1S/C12H16F3NO/c1-12(2,16(3)4)11(17)7-5-6-8(13)10(15)9(7)14/h5-6,11,17H,1-4H3. The molecule has 0 saturated heterocycles. The molecule has 0 saturated carbocycles. The van der Waals surface area contributed by atoms with E-state index in [1.165, 1.54) is 0 Å². The first-order valence-electron chi connectivity index (χ1n) is 5.18. The summed E-state index contributed by atoms with van der Waals surface area (Å²) >= 11 is 0. The SMILES string of the molecule is CN(C)C(C)(C)C(O)c1ccc(F)c(F)c1F. The minimum Gasteiger partial charge on any atom is -0.386 e. The van der Waals surface area contributed by atoms with Gasteiger partial charge in [0, 0.05) is 11.1 Å². The third kappa shape index (κ3) is 2.45. The molecule has 1 aromatic carbocycles. The zero-order chi connectivity index (χ0) is 13.4. The van der Waals surface area contributed by atoms with Gasteiger partial charge < -0.3 is 10.0 Å². The number of hydrogen-bond acceptors (Lipinski definition) is 2. The largest absolute Gasteiger partial charge is 0.386 e. The van der Waals surface area contributed by atoms with Gasteiger partial charge >= 0.3 is 0 Å². The fourth-order valence-corrected chi connectivity index (χ4v) is 1.38. The van der Waals surface area contributed by atoms with Crippen molar-refractivity contribution < 1.29 is 18.3 Å². The first kappa shape index (κ1) is 14.0. The van der Waals surface area contributed by atoms with Gasteiger partial charge in [-0.25, -0.2) is 13.2 Å². The van der Waals surface area contributed by atoms with Gasteiger partial charge in [-0.3, -0.25) is 0 Å². The Morgan fingerprint density at radius 2 is 1.65 bits per heavy atom. The molecule has 0 aliphatic heterocycles. The van der Waals surface area contributed by atoms with Crippen molar-refractivity contribution in [2.24, 2.45) is 0 Å². The summed E-state index contributed by atoms with van der Waals surface area (Å²) in [5.41, 5.74) is -1.05. The van der Waals surface area contributed by atoms with Crippen molar-refractivity contribution in [3.63, 3.8) is 0 Å². The summed E-state index contributed by atoms with van der Waals surface area (Å²) in [6.45, 7) is 3.36. The Morgan fingerprint density at radius 3 is 2.12 bits per heavy atom. The molecule has 0 heterocycles. The number of aliphatic hydroxyl groups is 1. The summed E-state index contributed by atoms with van der Waals surface area (Å²) in [5.74, 6) is -4.16. The molecule has 0 aliphatic carbocycles. The van der Waals surface area contributed by atoms with E-state index in [-0.39, 0.29) is 5.56 Å². The van der Waals surface area contributed by atoms with Crippen LogP contribution in [0.2, 0.25) is 0 Å². The number of likely N-dealkylation sites (N-methyl/N-ethyl adjacent to an activating group) is 1. The van der Waals surface area contributed by atoms with Crippen LogP contribution in [-0.2, 0) is 0 Å². The van der Waals surface area contributed by atoms with E-state index in [1.54, 1.807) is 32.8 Å². The van der Waals surface area contributed by atoms with Gasteiger partial charge in [0.05, 0.1) is 6.10 Å². The van der Waals surface area contributed by atoms with Crippen LogP contribution in [0.15, 0.2) is 12.1 Å². The molecule has 17 heavy (non-hydrogen) atoms. The number of benzene rings is 1. The van der Waals surface area contributed by atoms with Gasteiger partial charge in [0.2, 0.25) is 0 Å². The molecule has 1 atom stereocenters. The lowest BCUT2D eigenvalue weighted by molar-refractivity contribution is 0.0137. The van der Waals surface area contributed by atoms with E-state index in [0.29, 0.717) is 0 Å². The molecule has 5 heteroatoms. The van der Waals surface area contributed by atoms with Gasteiger partial charge in [0.15, 0.2) is 17.5 Å². The van der Waals surface area contributed by atoms with E-state index in [2.05, 4.69) is 0 Å². The Hall–Kier alpha value is -1.07. The molecule has 0 radical (unpaired) electrons. The molecular weight excluding hydrogens is 231 g/mol. The van der Waals surface area contributed by atoms with Crippen molar-refractivity contribution in [1.82, 2.24) is 4.90 Å². The molecule has 1 N–H and O–H groups in total. The molecule has 0 bridgehead atoms. The zero-order valence-electron chi connectivity index (χ0n) is 10.3. The van der Waals surface area contributed by atoms with Gasteiger partial charge in [-0.1, -0.05) is 6.07 Å². The Labute approximate surface area is 98.7 Å². The Balaban J connectivity index is 3.22. The number of aliphatic hydroxyl groups excluding tert-OH is 1. The van der Waals surface area contributed by atoms with Crippen molar-refractivity contribution in [3.05, 3.63) is 35.1 Å². The number of hydrogen-bond donors (Lipinski definition) is 1. The van der Waals surface area contributed by atoms with Gasteiger partial charge in [-0.15, -0.1) is 0 Å². The average Bonchev–Trinajstić information content (AvgIpc) is 2.25. The van der Waals surface area contributed by atoms with Crippen molar-refractivity contribution in [2.45, 2.75) is 25.5 Å². The van der Waals surface area contributed by atoms with E-state index in [0.717, 1.165) is 12.1 Å². The molecule has 0 amide bonds. The van der Waals surface area contributed by atoms with E-state index in [4.69, 9.17) is 0 Å². The molecule has 0 aliphatic rings. The maximum atomic E-state index is 13.5. The van der Waals surface area contributed by atoms with Crippen LogP contribution in [0, 0.1) is 17.5 Å². The second-order valence-electron chi connectivity index (χ2n) is 4.72. The topological polar surface area (TPSA) is 23.5 Å². The maximum Gasteiger partial charge on any atom is 0.194 e. The lowest BCUT2D eigenvalue weighted by atomic mass is 9.90. The highest BCUT2D eigenvalue weighted by Gasteiger charge is 2.34. The van der Waals surface area contributed by atoms with E-state index in [9.17, 15) is 18.3 Å². The summed E-state index contributed by atoms with van der Waals surface area (Å²) in [6.07, 6.45) is -1.26. The summed E-state index contributed by atoms with van der Waals surface area (Å²) in [6, 6.07) is 1.87. The Kier molecular flexibility index (Phi) is 3.84.